The summed E-state index contributed by atoms with van der Waals surface area (Å²) in [5, 5.41) is 0. The van der Waals surface area contributed by atoms with E-state index in [1.807, 2.05) is 6.92 Å². The van der Waals surface area contributed by atoms with Gasteiger partial charge in [0, 0.05) is 12.1 Å². The molecule has 0 unspecified atom stereocenters. The summed E-state index contributed by atoms with van der Waals surface area (Å²) in [6, 6.07) is 0.349. The van der Waals surface area contributed by atoms with E-state index >= 15 is 0 Å². The molecule has 0 saturated carbocycles. The van der Waals surface area contributed by atoms with E-state index < -0.39 is 0 Å². The van der Waals surface area contributed by atoms with Crippen LogP contribution in [0.1, 0.15) is 33.1 Å². The van der Waals surface area contributed by atoms with Crippen LogP contribution in [0, 0.1) is 0 Å². The minimum Gasteiger partial charge on any atom is -0.327 e. The molecule has 0 aromatic carbocycles. The maximum absolute atomic E-state index is 5.68. The first-order valence-electron chi connectivity index (χ1n) is 3.69. The Hall–Kier alpha value is -0.0800. The fraction of sp³-hybridized carbons (Fsp3) is 1.00. The van der Waals surface area contributed by atoms with Crippen molar-refractivity contribution in [1.29, 1.82) is 0 Å². The molecule has 9 heavy (non-hydrogen) atoms. The van der Waals surface area contributed by atoms with Crippen molar-refractivity contribution in [3.05, 3.63) is 0 Å². The van der Waals surface area contributed by atoms with Crippen molar-refractivity contribution in [1.82, 2.24) is 0 Å². The number of hydrogen-bond acceptors (Lipinski definition) is 2. The highest BCUT2D eigenvalue weighted by Crippen LogP contribution is 1.99. The van der Waals surface area contributed by atoms with Gasteiger partial charge in [0.15, 0.2) is 0 Å². The van der Waals surface area contributed by atoms with E-state index in [2.05, 4.69) is 6.92 Å². The van der Waals surface area contributed by atoms with Gasteiger partial charge in [-0.05, 0) is 13.3 Å². The van der Waals surface area contributed by atoms with Gasteiger partial charge in [-0.3, -0.25) is 0 Å². The number of unbranched alkanes of at least 4 members (excludes halogenated alkanes) is 1. The summed E-state index contributed by atoms with van der Waals surface area (Å²) in [6.45, 7) is 4.12. The SMILES string of the molecule is CCCC[C@@H](N)[C@H](C)N. The molecule has 2 heteroatoms. The van der Waals surface area contributed by atoms with Gasteiger partial charge < -0.3 is 11.5 Å². The topological polar surface area (TPSA) is 52.0 Å². The van der Waals surface area contributed by atoms with Gasteiger partial charge in [0.05, 0.1) is 0 Å². The lowest BCUT2D eigenvalue weighted by molar-refractivity contribution is 0.503. The lowest BCUT2D eigenvalue weighted by Crippen LogP contribution is -2.38. The standard InChI is InChI=1S/C7H18N2/c1-3-4-5-7(9)6(2)8/h6-7H,3-5,8-9H2,1-2H3/t6-,7+/m0/s1. The van der Waals surface area contributed by atoms with Crippen LogP contribution < -0.4 is 11.5 Å². The lowest BCUT2D eigenvalue weighted by atomic mass is 10.1. The van der Waals surface area contributed by atoms with E-state index in [0.717, 1.165) is 6.42 Å². The minimum absolute atomic E-state index is 0.150. The quantitative estimate of drug-likeness (QED) is 0.592. The highest BCUT2D eigenvalue weighted by molar-refractivity contribution is 4.70. The van der Waals surface area contributed by atoms with Crippen LogP contribution >= 0.6 is 0 Å². The molecule has 4 N–H and O–H groups in total. The summed E-state index contributed by atoms with van der Waals surface area (Å²) < 4.78 is 0. The third kappa shape index (κ3) is 4.43. The van der Waals surface area contributed by atoms with Gasteiger partial charge in [-0.2, -0.15) is 0 Å². The van der Waals surface area contributed by atoms with Crippen molar-refractivity contribution in [2.75, 3.05) is 0 Å². The van der Waals surface area contributed by atoms with Gasteiger partial charge in [-0.25, -0.2) is 0 Å². The normalized spacial score (nSPS) is 17.3. The zero-order valence-corrected chi connectivity index (χ0v) is 6.43. The number of hydrogen-bond donors (Lipinski definition) is 2. The Morgan fingerprint density at radius 2 is 1.89 bits per heavy atom. The molecule has 0 saturated heterocycles. The maximum Gasteiger partial charge on any atom is 0.0189 e. The van der Waals surface area contributed by atoms with Crippen LogP contribution in [0.5, 0.6) is 0 Å². The van der Waals surface area contributed by atoms with Crippen LogP contribution in [0.2, 0.25) is 0 Å². The lowest BCUT2D eigenvalue weighted by Gasteiger charge is -2.13. The second-order valence-electron chi connectivity index (χ2n) is 2.67. The smallest absolute Gasteiger partial charge is 0.0189 e. The van der Waals surface area contributed by atoms with Crippen LogP contribution in [0.4, 0.5) is 0 Å². The first-order valence-corrected chi connectivity index (χ1v) is 3.69. The molecular formula is C7H18N2. The predicted molar refractivity (Wildman–Crippen MR) is 41.1 cm³/mol. The molecule has 0 heterocycles. The number of rotatable bonds is 4. The van der Waals surface area contributed by atoms with Crippen molar-refractivity contribution in [3.8, 4) is 0 Å². The van der Waals surface area contributed by atoms with Crippen molar-refractivity contribution >= 4 is 0 Å². The Balaban J connectivity index is 3.16. The summed E-state index contributed by atoms with van der Waals surface area (Å²) in [5.41, 5.74) is 11.2. The van der Waals surface area contributed by atoms with Crippen LogP contribution in [-0.2, 0) is 0 Å². The Labute approximate surface area is 57.6 Å². The van der Waals surface area contributed by atoms with Gasteiger partial charge in [0.25, 0.3) is 0 Å². The van der Waals surface area contributed by atoms with E-state index in [-0.39, 0.29) is 12.1 Å². The van der Waals surface area contributed by atoms with Gasteiger partial charge in [-0.1, -0.05) is 19.8 Å². The molecule has 0 aliphatic rings. The van der Waals surface area contributed by atoms with E-state index in [9.17, 15) is 0 Å². The van der Waals surface area contributed by atoms with Gasteiger partial charge >= 0.3 is 0 Å². The van der Waals surface area contributed by atoms with Crippen LogP contribution in [0.3, 0.4) is 0 Å². The van der Waals surface area contributed by atoms with Crippen LogP contribution in [0.15, 0.2) is 0 Å². The molecule has 0 fully saturated rings. The van der Waals surface area contributed by atoms with Crippen LogP contribution in [0.25, 0.3) is 0 Å². The molecule has 0 amide bonds. The van der Waals surface area contributed by atoms with E-state index in [4.69, 9.17) is 11.5 Å². The average Bonchev–Trinajstić information content (AvgIpc) is 1.82. The molecule has 0 aromatic rings. The molecule has 0 rings (SSSR count). The summed E-state index contributed by atoms with van der Waals surface area (Å²) in [4.78, 5) is 0. The van der Waals surface area contributed by atoms with Crippen molar-refractivity contribution < 1.29 is 0 Å². The second kappa shape index (κ2) is 4.77. The van der Waals surface area contributed by atoms with Crippen molar-refractivity contribution in [2.24, 2.45) is 11.5 Å². The van der Waals surface area contributed by atoms with Gasteiger partial charge in [0.1, 0.15) is 0 Å². The summed E-state index contributed by atoms with van der Waals surface area (Å²) in [6.07, 6.45) is 3.47. The Morgan fingerprint density at radius 3 is 2.22 bits per heavy atom. The molecule has 56 valence electrons. The molecule has 0 aliphatic carbocycles. The Morgan fingerprint density at radius 1 is 1.33 bits per heavy atom. The summed E-state index contributed by atoms with van der Waals surface area (Å²) >= 11 is 0. The van der Waals surface area contributed by atoms with Crippen molar-refractivity contribution in [2.45, 2.75) is 45.2 Å². The minimum atomic E-state index is 0.150. The second-order valence-corrected chi connectivity index (χ2v) is 2.67. The fourth-order valence-corrected chi connectivity index (χ4v) is 0.703. The van der Waals surface area contributed by atoms with Gasteiger partial charge in [-0.15, -0.1) is 0 Å². The zero-order chi connectivity index (χ0) is 7.28. The highest BCUT2D eigenvalue weighted by Gasteiger charge is 2.05. The molecule has 2 atom stereocenters. The Bertz CT molecular complexity index is 61.9. The summed E-state index contributed by atoms with van der Waals surface area (Å²) in [7, 11) is 0. The zero-order valence-electron chi connectivity index (χ0n) is 6.43. The molecule has 0 spiro atoms. The fourth-order valence-electron chi connectivity index (χ4n) is 0.703. The first kappa shape index (κ1) is 8.92. The van der Waals surface area contributed by atoms with E-state index in [1.165, 1.54) is 12.8 Å². The summed E-state index contributed by atoms with van der Waals surface area (Å²) in [5.74, 6) is 0. The van der Waals surface area contributed by atoms with Crippen molar-refractivity contribution in [3.63, 3.8) is 0 Å². The Kier molecular flexibility index (Phi) is 4.72. The average molecular weight is 130 g/mol. The maximum atomic E-state index is 5.68. The molecule has 0 bridgehead atoms. The van der Waals surface area contributed by atoms with E-state index in [1.54, 1.807) is 0 Å². The predicted octanol–water partition coefficient (Wildman–Crippen LogP) is 0.851. The molecular weight excluding hydrogens is 112 g/mol. The molecule has 0 radical (unpaired) electrons. The monoisotopic (exact) mass is 130 g/mol. The van der Waals surface area contributed by atoms with Crippen LogP contribution in [-0.4, -0.2) is 12.1 Å². The molecule has 0 aliphatic heterocycles. The molecule has 0 aromatic heterocycles. The molecule has 2 nitrogen and oxygen atoms in total. The van der Waals surface area contributed by atoms with E-state index in [0.29, 0.717) is 0 Å². The third-order valence-corrected chi connectivity index (χ3v) is 1.57. The highest BCUT2D eigenvalue weighted by atomic mass is 14.8. The van der Waals surface area contributed by atoms with Gasteiger partial charge in [0.2, 0.25) is 0 Å². The third-order valence-electron chi connectivity index (χ3n) is 1.57. The largest absolute Gasteiger partial charge is 0.327 e. The first-order chi connectivity index (χ1) is 4.18. The number of nitrogens with two attached hydrogens (primary N) is 2.